The van der Waals surface area contributed by atoms with Crippen LogP contribution < -0.4 is 10.3 Å². The van der Waals surface area contributed by atoms with E-state index in [9.17, 15) is 9.59 Å². The fraction of sp³-hybridized carbons (Fsp3) is 0.385. The van der Waals surface area contributed by atoms with Gasteiger partial charge in [0.25, 0.3) is 5.56 Å². The van der Waals surface area contributed by atoms with E-state index >= 15 is 0 Å². The summed E-state index contributed by atoms with van der Waals surface area (Å²) in [5.74, 6) is 1.53. The molecule has 0 saturated carbocycles. The fourth-order valence-corrected chi connectivity index (χ4v) is 4.27. The highest BCUT2D eigenvalue weighted by molar-refractivity contribution is 5.90. The third kappa shape index (κ3) is 4.55. The second-order valence-corrected chi connectivity index (χ2v) is 8.92. The lowest BCUT2D eigenvalue weighted by Gasteiger charge is -2.19. The van der Waals surface area contributed by atoms with Crippen LogP contribution >= 0.6 is 0 Å². The van der Waals surface area contributed by atoms with Gasteiger partial charge in [-0.05, 0) is 74.5 Å². The van der Waals surface area contributed by atoms with Crippen molar-refractivity contribution in [2.45, 2.75) is 39.8 Å². The third-order valence-electron chi connectivity index (χ3n) is 6.08. The maximum atomic E-state index is 12.7. The summed E-state index contributed by atoms with van der Waals surface area (Å²) in [5.41, 5.74) is 1.45. The highest BCUT2D eigenvalue weighted by atomic mass is 16.5. The standard InChI is InChI=1S/C26H30N2O4/c1-17(2)28-12-10-19-13-22(7-8-23(19)25(28)29)32-24-14-20(26(30)31-4)5-6-21(24)16-27-11-9-18(3)15-27/h5-8,10,12-14,17-18H,9,11,15-16H2,1-4H3. The van der Waals surface area contributed by atoms with Crippen molar-refractivity contribution in [2.24, 2.45) is 5.92 Å². The Morgan fingerprint density at radius 2 is 1.97 bits per heavy atom. The number of pyridine rings is 1. The summed E-state index contributed by atoms with van der Waals surface area (Å²) in [6.45, 7) is 9.10. The predicted molar refractivity (Wildman–Crippen MR) is 126 cm³/mol. The molecule has 0 bridgehead atoms. The number of hydrogen-bond donors (Lipinski definition) is 0. The molecule has 32 heavy (non-hydrogen) atoms. The van der Waals surface area contributed by atoms with Crippen molar-refractivity contribution >= 4 is 16.7 Å². The van der Waals surface area contributed by atoms with Crippen LogP contribution in [0, 0.1) is 5.92 Å². The van der Waals surface area contributed by atoms with Crippen molar-refractivity contribution in [1.82, 2.24) is 9.47 Å². The number of likely N-dealkylation sites (tertiary alicyclic amines) is 1. The molecular formula is C26H30N2O4. The number of esters is 1. The highest BCUT2D eigenvalue weighted by Crippen LogP contribution is 2.31. The fourth-order valence-electron chi connectivity index (χ4n) is 4.27. The molecule has 6 nitrogen and oxygen atoms in total. The molecule has 1 fully saturated rings. The third-order valence-corrected chi connectivity index (χ3v) is 6.08. The van der Waals surface area contributed by atoms with Crippen molar-refractivity contribution in [1.29, 1.82) is 0 Å². The number of nitrogens with zero attached hydrogens (tertiary/aromatic N) is 2. The molecule has 1 aliphatic heterocycles. The van der Waals surface area contributed by atoms with Crippen LogP contribution in [0.25, 0.3) is 10.8 Å². The van der Waals surface area contributed by atoms with Crippen LogP contribution in [-0.2, 0) is 11.3 Å². The molecule has 168 valence electrons. The van der Waals surface area contributed by atoms with E-state index in [0.29, 0.717) is 28.4 Å². The minimum absolute atomic E-state index is 0.0134. The van der Waals surface area contributed by atoms with E-state index < -0.39 is 5.97 Å². The van der Waals surface area contributed by atoms with Gasteiger partial charge in [-0.25, -0.2) is 4.79 Å². The Balaban J connectivity index is 1.68. The van der Waals surface area contributed by atoms with E-state index in [1.807, 2.05) is 38.2 Å². The van der Waals surface area contributed by atoms with Crippen LogP contribution in [0.2, 0.25) is 0 Å². The van der Waals surface area contributed by atoms with Gasteiger partial charge in [0.1, 0.15) is 11.5 Å². The first-order valence-corrected chi connectivity index (χ1v) is 11.1. The molecule has 1 unspecified atom stereocenters. The van der Waals surface area contributed by atoms with Crippen LogP contribution in [-0.4, -0.2) is 35.6 Å². The molecule has 1 aromatic heterocycles. The van der Waals surface area contributed by atoms with Gasteiger partial charge < -0.3 is 14.0 Å². The van der Waals surface area contributed by atoms with Crippen molar-refractivity contribution in [3.8, 4) is 11.5 Å². The molecule has 0 radical (unpaired) electrons. The van der Waals surface area contributed by atoms with Crippen LogP contribution in [0.4, 0.5) is 0 Å². The lowest BCUT2D eigenvalue weighted by molar-refractivity contribution is 0.0600. The quantitative estimate of drug-likeness (QED) is 0.511. The maximum Gasteiger partial charge on any atom is 0.337 e. The number of carbonyl (C=O) groups is 1. The van der Waals surface area contributed by atoms with Gasteiger partial charge in [-0.2, -0.15) is 0 Å². The SMILES string of the molecule is COC(=O)c1ccc(CN2CCC(C)C2)c(Oc2ccc3c(=O)n(C(C)C)ccc3c2)c1. The van der Waals surface area contributed by atoms with Crippen LogP contribution in [0.3, 0.4) is 0 Å². The predicted octanol–water partition coefficient (Wildman–Crippen LogP) is 5.00. The van der Waals surface area contributed by atoms with Gasteiger partial charge >= 0.3 is 5.97 Å². The molecule has 0 amide bonds. The summed E-state index contributed by atoms with van der Waals surface area (Å²) in [5, 5.41) is 1.48. The summed E-state index contributed by atoms with van der Waals surface area (Å²) in [4.78, 5) is 27.2. The van der Waals surface area contributed by atoms with Gasteiger partial charge in [-0.3, -0.25) is 9.69 Å². The van der Waals surface area contributed by atoms with Gasteiger partial charge in [0.2, 0.25) is 0 Å². The lowest BCUT2D eigenvalue weighted by Crippen LogP contribution is -2.21. The van der Waals surface area contributed by atoms with Gasteiger partial charge in [0.05, 0.1) is 12.7 Å². The molecule has 3 aromatic rings. The molecule has 0 spiro atoms. The van der Waals surface area contributed by atoms with Gasteiger partial charge in [0.15, 0.2) is 0 Å². The van der Waals surface area contributed by atoms with E-state index in [-0.39, 0.29) is 11.6 Å². The first-order chi connectivity index (χ1) is 15.4. The Bertz CT molecular complexity index is 1200. The highest BCUT2D eigenvalue weighted by Gasteiger charge is 2.21. The molecule has 6 heteroatoms. The number of aromatic nitrogens is 1. The Morgan fingerprint density at radius 3 is 2.66 bits per heavy atom. The molecule has 1 atom stereocenters. The molecular weight excluding hydrogens is 404 g/mol. The average Bonchev–Trinajstić information content (AvgIpc) is 3.19. The normalized spacial score (nSPS) is 16.6. The Labute approximate surface area is 188 Å². The first-order valence-electron chi connectivity index (χ1n) is 11.1. The summed E-state index contributed by atoms with van der Waals surface area (Å²) in [7, 11) is 1.37. The number of fused-ring (bicyclic) bond motifs is 1. The van der Waals surface area contributed by atoms with E-state index in [1.165, 1.54) is 13.5 Å². The second-order valence-electron chi connectivity index (χ2n) is 8.92. The monoisotopic (exact) mass is 434 g/mol. The summed E-state index contributed by atoms with van der Waals surface area (Å²) in [6.07, 6.45) is 3.01. The molecule has 2 aromatic carbocycles. The summed E-state index contributed by atoms with van der Waals surface area (Å²) in [6, 6.07) is 13.0. The Hall–Kier alpha value is -3.12. The number of rotatable bonds is 6. The number of benzene rings is 2. The number of methoxy groups -OCH3 is 1. The minimum Gasteiger partial charge on any atom is -0.465 e. The molecule has 0 N–H and O–H groups in total. The maximum absolute atomic E-state index is 12.7. The number of carbonyl (C=O) groups excluding carboxylic acids is 1. The van der Waals surface area contributed by atoms with E-state index in [0.717, 1.165) is 30.6 Å². The summed E-state index contributed by atoms with van der Waals surface area (Å²) < 4.78 is 12.9. The smallest absolute Gasteiger partial charge is 0.337 e. The topological polar surface area (TPSA) is 60.8 Å². The van der Waals surface area contributed by atoms with Crippen LogP contribution in [0.15, 0.2) is 53.5 Å². The van der Waals surface area contributed by atoms with E-state index in [1.54, 1.807) is 28.8 Å². The van der Waals surface area contributed by atoms with E-state index in [2.05, 4.69) is 11.8 Å². The largest absolute Gasteiger partial charge is 0.465 e. The Kier molecular flexibility index (Phi) is 6.33. The Morgan fingerprint density at radius 1 is 1.16 bits per heavy atom. The van der Waals surface area contributed by atoms with Crippen LogP contribution in [0.1, 0.15) is 49.2 Å². The van der Waals surface area contributed by atoms with Crippen molar-refractivity contribution in [3.05, 3.63) is 70.1 Å². The van der Waals surface area contributed by atoms with Crippen molar-refractivity contribution < 1.29 is 14.3 Å². The summed E-state index contributed by atoms with van der Waals surface area (Å²) >= 11 is 0. The zero-order chi connectivity index (χ0) is 22.8. The zero-order valence-corrected chi connectivity index (χ0v) is 19.1. The van der Waals surface area contributed by atoms with Crippen LogP contribution in [0.5, 0.6) is 11.5 Å². The molecule has 0 aliphatic carbocycles. The molecule has 4 rings (SSSR count). The number of ether oxygens (including phenoxy) is 2. The lowest BCUT2D eigenvalue weighted by atomic mass is 10.1. The second kappa shape index (κ2) is 9.17. The minimum atomic E-state index is -0.399. The van der Waals surface area contributed by atoms with Crippen molar-refractivity contribution in [3.63, 3.8) is 0 Å². The zero-order valence-electron chi connectivity index (χ0n) is 19.1. The number of hydrogen-bond acceptors (Lipinski definition) is 5. The van der Waals surface area contributed by atoms with Gasteiger partial charge in [-0.1, -0.05) is 13.0 Å². The van der Waals surface area contributed by atoms with E-state index in [4.69, 9.17) is 9.47 Å². The average molecular weight is 435 g/mol. The van der Waals surface area contributed by atoms with Gasteiger partial charge in [-0.15, -0.1) is 0 Å². The van der Waals surface area contributed by atoms with Gasteiger partial charge in [0, 0.05) is 36.3 Å². The van der Waals surface area contributed by atoms with Crippen molar-refractivity contribution in [2.75, 3.05) is 20.2 Å². The molecule has 1 saturated heterocycles. The molecule has 1 aliphatic rings. The molecule has 2 heterocycles. The first kappa shape index (κ1) is 22.1.